The molecule has 1 fully saturated rings. The van der Waals surface area contributed by atoms with E-state index >= 15 is 0 Å². The van der Waals surface area contributed by atoms with Crippen LogP contribution in [-0.2, 0) is 10.2 Å². The number of hydrogen-bond donors (Lipinski definition) is 1. The van der Waals surface area contributed by atoms with Crippen molar-refractivity contribution in [3.8, 4) is 0 Å². The van der Waals surface area contributed by atoms with Crippen LogP contribution in [0.3, 0.4) is 0 Å². The summed E-state index contributed by atoms with van der Waals surface area (Å²) in [5, 5.41) is 3.08. The zero-order valence-corrected chi connectivity index (χ0v) is 15.4. The van der Waals surface area contributed by atoms with Crippen molar-refractivity contribution in [1.29, 1.82) is 0 Å². The van der Waals surface area contributed by atoms with Crippen LogP contribution < -0.4 is 5.32 Å². The van der Waals surface area contributed by atoms with Gasteiger partial charge in [-0.05, 0) is 49.1 Å². The van der Waals surface area contributed by atoms with Gasteiger partial charge in [-0.25, -0.2) is 9.18 Å². The Labute approximate surface area is 157 Å². The van der Waals surface area contributed by atoms with Crippen molar-refractivity contribution in [2.45, 2.75) is 37.2 Å². The molecule has 1 aromatic carbocycles. The lowest BCUT2D eigenvalue weighted by Gasteiger charge is -2.43. The van der Waals surface area contributed by atoms with E-state index in [9.17, 15) is 9.18 Å². The van der Waals surface area contributed by atoms with Crippen LogP contribution in [-0.4, -0.2) is 29.1 Å². The molecule has 0 amide bonds. The SMILES string of the molecule is CNC(=S)C1(c2cccnc2)CCCCC1OC(=O)c1cccc(F)c1. The Hall–Kier alpha value is -2.34. The van der Waals surface area contributed by atoms with Crippen LogP contribution in [0.1, 0.15) is 41.6 Å². The van der Waals surface area contributed by atoms with Crippen LogP contribution in [0.25, 0.3) is 0 Å². The van der Waals surface area contributed by atoms with Crippen molar-refractivity contribution in [2.75, 3.05) is 7.05 Å². The number of hydrogen-bond acceptors (Lipinski definition) is 4. The van der Waals surface area contributed by atoms with Gasteiger partial charge < -0.3 is 10.1 Å². The minimum Gasteiger partial charge on any atom is -0.457 e. The normalized spacial score (nSPS) is 22.5. The second-order valence-electron chi connectivity index (χ2n) is 6.44. The van der Waals surface area contributed by atoms with E-state index in [1.54, 1.807) is 25.5 Å². The fourth-order valence-corrected chi connectivity index (χ4v) is 4.04. The van der Waals surface area contributed by atoms with Gasteiger partial charge >= 0.3 is 5.97 Å². The first-order chi connectivity index (χ1) is 12.6. The highest BCUT2D eigenvalue weighted by atomic mass is 32.1. The minimum absolute atomic E-state index is 0.200. The molecule has 1 saturated carbocycles. The number of nitrogens with zero attached hydrogens (tertiary/aromatic N) is 1. The molecule has 2 unspecified atom stereocenters. The van der Waals surface area contributed by atoms with Gasteiger partial charge in [0.1, 0.15) is 11.9 Å². The molecule has 4 nitrogen and oxygen atoms in total. The maximum absolute atomic E-state index is 13.5. The highest BCUT2D eigenvalue weighted by Crippen LogP contribution is 2.42. The molecule has 2 atom stereocenters. The number of nitrogens with one attached hydrogen (secondary N) is 1. The number of halogens is 1. The van der Waals surface area contributed by atoms with Gasteiger partial charge in [-0.2, -0.15) is 0 Å². The third-order valence-electron chi connectivity index (χ3n) is 4.96. The quantitative estimate of drug-likeness (QED) is 0.653. The van der Waals surface area contributed by atoms with Gasteiger partial charge in [0.2, 0.25) is 0 Å². The van der Waals surface area contributed by atoms with Crippen LogP contribution in [0.15, 0.2) is 48.8 Å². The number of aromatic nitrogens is 1. The number of pyridine rings is 1. The highest BCUT2D eigenvalue weighted by Gasteiger charge is 2.48. The number of ether oxygens (including phenoxy) is 1. The van der Waals surface area contributed by atoms with E-state index in [4.69, 9.17) is 17.0 Å². The summed E-state index contributed by atoms with van der Waals surface area (Å²) in [4.78, 5) is 17.5. The molecule has 136 valence electrons. The topological polar surface area (TPSA) is 51.2 Å². The first-order valence-electron chi connectivity index (χ1n) is 8.67. The van der Waals surface area contributed by atoms with E-state index in [1.165, 1.54) is 18.2 Å². The lowest BCUT2D eigenvalue weighted by Crippen LogP contribution is -2.53. The summed E-state index contributed by atoms with van der Waals surface area (Å²) >= 11 is 5.65. The van der Waals surface area contributed by atoms with E-state index in [0.717, 1.165) is 24.8 Å². The van der Waals surface area contributed by atoms with E-state index in [2.05, 4.69) is 10.3 Å². The van der Waals surface area contributed by atoms with E-state index in [-0.39, 0.29) is 5.56 Å². The molecule has 2 aromatic rings. The summed E-state index contributed by atoms with van der Waals surface area (Å²) in [7, 11) is 1.78. The third kappa shape index (κ3) is 3.46. The number of esters is 1. The second kappa shape index (κ2) is 7.91. The fraction of sp³-hybridized carbons (Fsp3) is 0.350. The summed E-state index contributed by atoms with van der Waals surface area (Å²) in [5.74, 6) is -1.00. The molecule has 0 spiro atoms. The van der Waals surface area contributed by atoms with Crippen LogP contribution in [0.5, 0.6) is 0 Å². The number of likely N-dealkylation sites (N-methyl/N-ethyl adjacent to an activating group) is 1. The van der Waals surface area contributed by atoms with Gasteiger partial charge in [-0.15, -0.1) is 0 Å². The Bertz CT molecular complexity index is 799. The van der Waals surface area contributed by atoms with Crippen molar-refractivity contribution in [2.24, 2.45) is 0 Å². The zero-order valence-electron chi connectivity index (χ0n) is 14.6. The van der Waals surface area contributed by atoms with Crippen molar-refractivity contribution >= 4 is 23.2 Å². The standard InChI is InChI=1S/C20H21FN2O2S/c1-22-19(26)20(15-7-5-11-23-13-15)10-3-2-9-17(20)25-18(24)14-6-4-8-16(21)12-14/h4-8,11-13,17H,2-3,9-10H2,1H3,(H,22,26). The zero-order chi connectivity index (χ0) is 18.6. The average Bonchev–Trinajstić information content (AvgIpc) is 2.68. The number of carbonyl (C=O) groups excluding carboxylic acids is 1. The molecule has 1 heterocycles. The highest BCUT2D eigenvalue weighted by molar-refractivity contribution is 7.80. The van der Waals surface area contributed by atoms with Gasteiger partial charge in [0, 0.05) is 19.4 Å². The first kappa shape index (κ1) is 18.5. The van der Waals surface area contributed by atoms with Gasteiger partial charge in [-0.1, -0.05) is 30.8 Å². The fourth-order valence-electron chi connectivity index (χ4n) is 3.68. The summed E-state index contributed by atoms with van der Waals surface area (Å²) in [5.41, 5.74) is 0.502. The Morgan fingerprint density at radius 3 is 2.88 bits per heavy atom. The van der Waals surface area contributed by atoms with Crippen LogP contribution >= 0.6 is 12.2 Å². The minimum atomic E-state index is -0.625. The summed E-state index contributed by atoms with van der Waals surface area (Å²) in [6, 6.07) is 9.36. The Morgan fingerprint density at radius 2 is 2.19 bits per heavy atom. The first-order valence-corrected chi connectivity index (χ1v) is 9.08. The molecule has 3 rings (SSSR count). The van der Waals surface area contributed by atoms with Gasteiger partial charge in [-0.3, -0.25) is 4.98 Å². The maximum Gasteiger partial charge on any atom is 0.338 e. The monoisotopic (exact) mass is 372 g/mol. The molecule has 0 saturated heterocycles. The van der Waals surface area contributed by atoms with E-state index in [1.807, 2.05) is 12.1 Å². The molecule has 0 aliphatic heterocycles. The molecule has 1 aromatic heterocycles. The van der Waals surface area contributed by atoms with Gasteiger partial charge in [0.05, 0.1) is 16.0 Å². The molecular weight excluding hydrogens is 351 g/mol. The molecule has 0 bridgehead atoms. The maximum atomic E-state index is 13.5. The second-order valence-corrected chi connectivity index (χ2v) is 6.85. The summed E-state index contributed by atoms with van der Waals surface area (Å²) in [6.45, 7) is 0. The Balaban J connectivity index is 1.97. The largest absolute Gasteiger partial charge is 0.457 e. The number of benzene rings is 1. The van der Waals surface area contributed by atoms with Crippen LogP contribution in [0.4, 0.5) is 4.39 Å². The predicted molar refractivity (Wildman–Crippen MR) is 102 cm³/mol. The summed E-state index contributed by atoms with van der Waals surface area (Å²) in [6.07, 6.45) is 6.42. The average molecular weight is 372 g/mol. The van der Waals surface area contributed by atoms with Gasteiger partial charge in [0.15, 0.2) is 0 Å². The lowest BCUT2D eigenvalue weighted by atomic mass is 9.67. The molecule has 6 heteroatoms. The molecule has 0 radical (unpaired) electrons. The predicted octanol–water partition coefficient (Wildman–Crippen LogP) is 3.80. The lowest BCUT2D eigenvalue weighted by molar-refractivity contribution is 0.00426. The summed E-state index contributed by atoms with van der Waals surface area (Å²) < 4.78 is 19.3. The molecular formula is C20H21FN2O2S. The number of rotatable bonds is 4. The number of carbonyl (C=O) groups is 1. The van der Waals surface area contributed by atoms with E-state index in [0.29, 0.717) is 11.4 Å². The molecule has 1 aliphatic rings. The third-order valence-corrected chi connectivity index (χ3v) is 5.52. The smallest absolute Gasteiger partial charge is 0.338 e. The number of thiocarbonyl (C=S) groups is 1. The molecule has 1 aliphatic carbocycles. The Morgan fingerprint density at radius 1 is 1.35 bits per heavy atom. The van der Waals surface area contributed by atoms with Crippen molar-refractivity contribution in [1.82, 2.24) is 10.3 Å². The van der Waals surface area contributed by atoms with Crippen molar-refractivity contribution in [3.05, 3.63) is 65.7 Å². The van der Waals surface area contributed by atoms with Gasteiger partial charge in [0.25, 0.3) is 0 Å². The van der Waals surface area contributed by atoms with Crippen LogP contribution in [0, 0.1) is 5.82 Å². The van der Waals surface area contributed by atoms with Crippen LogP contribution in [0.2, 0.25) is 0 Å². The molecule has 26 heavy (non-hydrogen) atoms. The van der Waals surface area contributed by atoms with E-state index < -0.39 is 23.3 Å². The Kier molecular flexibility index (Phi) is 5.61. The van der Waals surface area contributed by atoms with Crippen molar-refractivity contribution < 1.29 is 13.9 Å². The molecule has 1 N–H and O–H groups in total. The van der Waals surface area contributed by atoms with Crippen molar-refractivity contribution in [3.63, 3.8) is 0 Å².